The van der Waals surface area contributed by atoms with Crippen LogP contribution in [0.2, 0.25) is 0 Å². The zero-order valence-electron chi connectivity index (χ0n) is 21.8. The largest absolute Gasteiger partial charge is 0.546 e. The normalized spacial score (nSPS) is 11.5. The second-order valence-corrected chi connectivity index (χ2v) is 10.5. The number of aliphatic carboxylic acids is 1. The first kappa shape index (κ1) is 27.6. The number of hydrogen-bond acceptors (Lipinski definition) is 8. The number of nitrogens with one attached hydrogen (secondary N) is 1. The van der Waals surface area contributed by atoms with Crippen molar-refractivity contribution in [2.24, 2.45) is 5.10 Å². The van der Waals surface area contributed by atoms with Crippen LogP contribution in [0.4, 0.5) is 0 Å². The van der Waals surface area contributed by atoms with Gasteiger partial charge in [-0.05, 0) is 35.2 Å². The van der Waals surface area contributed by atoms with E-state index >= 15 is 0 Å². The van der Waals surface area contributed by atoms with Crippen LogP contribution < -0.4 is 15.3 Å². The Balaban J connectivity index is 1.47. The van der Waals surface area contributed by atoms with Crippen LogP contribution in [0.5, 0.6) is 5.75 Å². The van der Waals surface area contributed by atoms with Crippen molar-refractivity contribution in [3.63, 3.8) is 0 Å². The van der Waals surface area contributed by atoms with Gasteiger partial charge in [0.1, 0.15) is 12.4 Å². The summed E-state index contributed by atoms with van der Waals surface area (Å²) in [6.07, 6.45) is 1.39. The van der Waals surface area contributed by atoms with E-state index in [4.69, 9.17) is 4.74 Å². The van der Waals surface area contributed by atoms with Crippen molar-refractivity contribution in [1.82, 2.24) is 20.2 Å². The fraction of sp³-hybridized carbons (Fsp3) is 0.207. The molecule has 0 spiro atoms. The molecule has 0 saturated heterocycles. The van der Waals surface area contributed by atoms with E-state index in [1.165, 1.54) is 23.5 Å². The maximum Gasteiger partial charge on any atom is 0.250 e. The first-order valence-electron chi connectivity index (χ1n) is 12.2. The Bertz CT molecular complexity index is 1460. The highest BCUT2D eigenvalue weighted by atomic mass is 32.2. The van der Waals surface area contributed by atoms with Gasteiger partial charge in [0.2, 0.25) is 0 Å². The Kier molecular flexibility index (Phi) is 8.77. The number of carbonyl (C=O) groups is 2. The molecule has 1 heterocycles. The minimum atomic E-state index is -1.33. The molecular formula is C29H28N5O4S-. The van der Waals surface area contributed by atoms with Crippen LogP contribution in [-0.2, 0) is 15.0 Å². The number of thioether (sulfide) groups is 1. The van der Waals surface area contributed by atoms with Gasteiger partial charge in [0, 0.05) is 16.8 Å². The lowest BCUT2D eigenvalue weighted by Gasteiger charge is -2.19. The van der Waals surface area contributed by atoms with Crippen molar-refractivity contribution in [1.29, 1.82) is 0 Å². The number of ether oxygens (including phenoxy) is 1. The average Bonchev–Trinajstić information content (AvgIpc) is 3.35. The van der Waals surface area contributed by atoms with Crippen LogP contribution in [0.25, 0.3) is 17.1 Å². The third kappa shape index (κ3) is 7.32. The lowest BCUT2D eigenvalue weighted by atomic mass is 9.87. The maximum absolute atomic E-state index is 12.5. The fourth-order valence-corrected chi connectivity index (χ4v) is 4.42. The Hall–Kier alpha value is -4.44. The van der Waals surface area contributed by atoms with Crippen molar-refractivity contribution >= 4 is 29.9 Å². The molecule has 0 aliphatic carbocycles. The van der Waals surface area contributed by atoms with Crippen LogP contribution in [0.3, 0.4) is 0 Å². The summed E-state index contributed by atoms with van der Waals surface area (Å²) < 4.78 is 7.12. The topological polar surface area (TPSA) is 122 Å². The van der Waals surface area contributed by atoms with Gasteiger partial charge >= 0.3 is 0 Å². The molecule has 0 bridgehead atoms. The first-order chi connectivity index (χ1) is 18.7. The number of carbonyl (C=O) groups excluding carboxylic acids is 2. The maximum atomic E-state index is 12.5. The summed E-state index contributed by atoms with van der Waals surface area (Å²) in [5, 5.41) is 24.0. The second-order valence-electron chi connectivity index (χ2n) is 9.58. The molecule has 10 heteroatoms. The number of amides is 1. The first-order valence-corrected chi connectivity index (χ1v) is 13.2. The Morgan fingerprint density at radius 2 is 1.69 bits per heavy atom. The molecule has 0 radical (unpaired) electrons. The van der Waals surface area contributed by atoms with Crippen molar-refractivity contribution in [3.8, 4) is 22.8 Å². The molecule has 1 N–H and O–H groups in total. The summed E-state index contributed by atoms with van der Waals surface area (Å²) in [5.74, 6) is -0.638. The van der Waals surface area contributed by atoms with Gasteiger partial charge in [-0.1, -0.05) is 87.1 Å². The van der Waals surface area contributed by atoms with Crippen LogP contribution in [0, 0.1) is 0 Å². The number of aromatic nitrogens is 3. The van der Waals surface area contributed by atoms with Crippen LogP contribution in [0.15, 0.2) is 89.1 Å². The summed E-state index contributed by atoms with van der Waals surface area (Å²) in [6, 6.07) is 24.7. The predicted octanol–water partition coefficient (Wildman–Crippen LogP) is 3.60. The molecule has 4 rings (SSSR count). The van der Waals surface area contributed by atoms with Gasteiger partial charge in [0.05, 0.1) is 17.9 Å². The van der Waals surface area contributed by atoms with E-state index < -0.39 is 12.6 Å². The van der Waals surface area contributed by atoms with Crippen molar-refractivity contribution in [2.45, 2.75) is 31.3 Å². The molecule has 39 heavy (non-hydrogen) atoms. The van der Waals surface area contributed by atoms with E-state index in [2.05, 4.69) is 53.6 Å². The molecule has 3 aromatic carbocycles. The lowest BCUT2D eigenvalue weighted by Crippen LogP contribution is -2.29. The Morgan fingerprint density at radius 1 is 1.00 bits per heavy atom. The summed E-state index contributed by atoms with van der Waals surface area (Å²) in [6.45, 7) is 5.92. The van der Waals surface area contributed by atoms with Gasteiger partial charge < -0.3 is 14.6 Å². The van der Waals surface area contributed by atoms with E-state index in [0.29, 0.717) is 22.3 Å². The molecule has 0 atom stereocenters. The van der Waals surface area contributed by atoms with E-state index in [-0.39, 0.29) is 17.1 Å². The summed E-state index contributed by atoms with van der Waals surface area (Å²) in [4.78, 5) is 23.2. The molecule has 0 aliphatic heterocycles. The second kappa shape index (κ2) is 12.4. The smallest absolute Gasteiger partial charge is 0.250 e. The third-order valence-electron chi connectivity index (χ3n) is 5.65. The SMILES string of the molecule is CC(C)(C)c1ccc(-c2nnc(SCC(=O)NN=Cc3ccccc3OCC(=O)[O-])n2-c2ccccc2)cc1. The molecule has 0 saturated carbocycles. The van der Waals surface area contributed by atoms with Gasteiger partial charge in [-0.3, -0.25) is 9.36 Å². The quantitative estimate of drug-likeness (QED) is 0.185. The molecule has 4 aromatic rings. The minimum Gasteiger partial charge on any atom is -0.546 e. The zero-order chi connectivity index (χ0) is 27.8. The van der Waals surface area contributed by atoms with E-state index in [1.54, 1.807) is 24.3 Å². The standard InChI is InChI=1S/C29H29N5O4S/c1-29(2,3)22-15-13-20(14-16-22)27-32-33-28(34(27)23-10-5-4-6-11-23)39-19-25(35)31-30-17-21-9-7-8-12-24(21)38-18-26(36)37/h4-17H,18-19H2,1-3H3,(H,31,35)(H,36,37)/p-1. The number of rotatable bonds is 10. The number of carboxylic acids is 1. The number of hydrazone groups is 1. The number of benzene rings is 3. The zero-order valence-corrected chi connectivity index (χ0v) is 22.6. The van der Waals surface area contributed by atoms with Gasteiger partial charge in [-0.15, -0.1) is 10.2 Å². The van der Waals surface area contributed by atoms with Crippen LogP contribution >= 0.6 is 11.8 Å². The number of carboxylic acid groups (broad SMARTS) is 1. The summed E-state index contributed by atoms with van der Waals surface area (Å²) >= 11 is 1.24. The molecule has 9 nitrogen and oxygen atoms in total. The van der Waals surface area contributed by atoms with Crippen LogP contribution in [0.1, 0.15) is 31.9 Å². The van der Waals surface area contributed by atoms with E-state index in [9.17, 15) is 14.7 Å². The average molecular weight is 543 g/mol. The lowest BCUT2D eigenvalue weighted by molar-refractivity contribution is -0.307. The van der Waals surface area contributed by atoms with Gasteiger partial charge in [-0.25, -0.2) is 5.43 Å². The van der Waals surface area contributed by atoms with Gasteiger partial charge in [0.15, 0.2) is 11.0 Å². The van der Waals surface area contributed by atoms with Crippen molar-refractivity contribution in [2.75, 3.05) is 12.4 Å². The van der Waals surface area contributed by atoms with Crippen molar-refractivity contribution < 1.29 is 19.4 Å². The summed E-state index contributed by atoms with van der Waals surface area (Å²) in [7, 11) is 0. The molecule has 1 amide bonds. The predicted molar refractivity (Wildman–Crippen MR) is 149 cm³/mol. The molecule has 0 unspecified atom stereocenters. The monoisotopic (exact) mass is 542 g/mol. The van der Waals surface area contributed by atoms with E-state index in [0.717, 1.165) is 11.3 Å². The third-order valence-corrected chi connectivity index (χ3v) is 6.58. The number of nitrogens with zero attached hydrogens (tertiary/aromatic N) is 4. The van der Waals surface area contributed by atoms with Gasteiger partial charge in [0.25, 0.3) is 5.91 Å². The molecular weight excluding hydrogens is 514 g/mol. The highest BCUT2D eigenvalue weighted by Gasteiger charge is 2.19. The minimum absolute atomic E-state index is 0.0353. The Labute approximate surface area is 230 Å². The Morgan fingerprint density at radius 3 is 2.38 bits per heavy atom. The highest BCUT2D eigenvalue weighted by Crippen LogP contribution is 2.30. The number of para-hydroxylation sites is 2. The van der Waals surface area contributed by atoms with E-state index in [1.807, 2.05) is 47.0 Å². The highest BCUT2D eigenvalue weighted by molar-refractivity contribution is 7.99. The molecule has 0 fully saturated rings. The molecule has 0 aliphatic rings. The van der Waals surface area contributed by atoms with Crippen molar-refractivity contribution in [3.05, 3.63) is 90.0 Å². The van der Waals surface area contributed by atoms with Crippen LogP contribution in [-0.4, -0.2) is 45.2 Å². The number of hydrogen-bond donors (Lipinski definition) is 1. The summed E-state index contributed by atoms with van der Waals surface area (Å²) in [5.41, 5.74) is 6.04. The molecule has 200 valence electrons. The molecule has 1 aromatic heterocycles. The fourth-order valence-electron chi connectivity index (χ4n) is 3.67. The van der Waals surface area contributed by atoms with Gasteiger partial charge in [-0.2, -0.15) is 5.10 Å².